The Morgan fingerprint density at radius 1 is 1.11 bits per heavy atom. The molecule has 0 saturated carbocycles. The maximum Gasteiger partial charge on any atom is 0.319 e. The van der Waals surface area contributed by atoms with E-state index in [1.807, 2.05) is 63.2 Å². The Bertz CT molecular complexity index is 914. The number of aryl methyl sites for hydroxylation is 2. The molecule has 0 bridgehead atoms. The fraction of sp³-hybridized carbons (Fsp3) is 0.263. The Morgan fingerprint density at radius 3 is 2.48 bits per heavy atom. The number of hydrogen-bond acceptors (Lipinski definition) is 5. The topological polar surface area (TPSA) is 88.0 Å². The average Bonchev–Trinajstić information content (AvgIpc) is 2.99. The Balaban J connectivity index is 1.55. The Kier molecular flexibility index (Phi) is 5.35. The van der Waals surface area contributed by atoms with Gasteiger partial charge in [-0.1, -0.05) is 6.07 Å². The molecule has 0 aliphatic heterocycles. The van der Waals surface area contributed by atoms with Crippen molar-refractivity contribution in [1.82, 2.24) is 25.1 Å². The lowest BCUT2D eigenvalue weighted by Crippen LogP contribution is -2.28. The van der Waals surface area contributed by atoms with Gasteiger partial charge >= 0.3 is 6.03 Å². The molecule has 3 aromatic heterocycles. The average molecular weight is 365 g/mol. The molecule has 8 heteroatoms. The highest BCUT2D eigenvalue weighted by Crippen LogP contribution is 2.12. The zero-order valence-electron chi connectivity index (χ0n) is 15.9. The van der Waals surface area contributed by atoms with Gasteiger partial charge in [-0.3, -0.25) is 0 Å². The lowest BCUT2D eigenvalue weighted by atomic mass is 10.3. The van der Waals surface area contributed by atoms with Crippen molar-refractivity contribution in [2.24, 2.45) is 0 Å². The smallest absolute Gasteiger partial charge is 0.319 e. The molecule has 0 saturated heterocycles. The van der Waals surface area contributed by atoms with Crippen LogP contribution in [0.3, 0.4) is 0 Å². The van der Waals surface area contributed by atoms with E-state index in [0.717, 1.165) is 28.6 Å². The second-order valence-corrected chi connectivity index (χ2v) is 6.47. The van der Waals surface area contributed by atoms with Crippen LogP contribution in [0.2, 0.25) is 0 Å². The lowest BCUT2D eigenvalue weighted by molar-refractivity contribution is 0.251. The zero-order valence-corrected chi connectivity index (χ0v) is 15.9. The van der Waals surface area contributed by atoms with Crippen LogP contribution in [0.15, 0.2) is 42.7 Å². The summed E-state index contributed by atoms with van der Waals surface area (Å²) >= 11 is 0. The van der Waals surface area contributed by atoms with Gasteiger partial charge in [0.05, 0.1) is 17.6 Å². The van der Waals surface area contributed by atoms with Gasteiger partial charge in [0.25, 0.3) is 0 Å². The molecule has 3 heterocycles. The van der Waals surface area contributed by atoms with E-state index >= 15 is 0 Å². The van der Waals surface area contributed by atoms with E-state index in [2.05, 4.69) is 25.7 Å². The molecule has 140 valence electrons. The summed E-state index contributed by atoms with van der Waals surface area (Å²) in [6.07, 6.45) is 3.36. The van der Waals surface area contributed by atoms with E-state index in [1.54, 1.807) is 17.1 Å². The number of amides is 2. The van der Waals surface area contributed by atoms with E-state index in [9.17, 15) is 4.79 Å². The van der Waals surface area contributed by atoms with Crippen LogP contribution in [0, 0.1) is 13.8 Å². The predicted octanol–water partition coefficient (Wildman–Crippen LogP) is 2.67. The molecule has 3 aromatic rings. The van der Waals surface area contributed by atoms with Crippen molar-refractivity contribution in [3.8, 4) is 5.82 Å². The van der Waals surface area contributed by atoms with Crippen LogP contribution >= 0.6 is 0 Å². The largest absolute Gasteiger partial charge is 0.363 e. The molecule has 0 atom stereocenters. The van der Waals surface area contributed by atoms with Crippen molar-refractivity contribution in [3.63, 3.8) is 0 Å². The van der Waals surface area contributed by atoms with Crippen LogP contribution in [0.4, 0.5) is 16.3 Å². The maximum atomic E-state index is 12.0. The molecular formula is C19H23N7O. The monoisotopic (exact) mass is 365 g/mol. The number of pyridine rings is 2. The molecule has 0 aliphatic carbocycles. The summed E-state index contributed by atoms with van der Waals surface area (Å²) in [7, 11) is 3.83. The van der Waals surface area contributed by atoms with Gasteiger partial charge in [0.15, 0.2) is 5.82 Å². The van der Waals surface area contributed by atoms with Crippen LogP contribution in [0.5, 0.6) is 0 Å². The van der Waals surface area contributed by atoms with Crippen LogP contribution in [-0.4, -0.2) is 39.9 Å². The third-order valence-corrected chi connectivity index (χ3v) is 3.95. The number of carbonyl (C=O) groups is 1. The highest BCUT2D eigenvalue weighted by molar-refractivity contribution is 5.89. The highest BCUT2D eigenvalue weighted by Gasteiger charge is 2.06. The number of nitrogens with one attached hydrogen (secondary N) is 2. The number of urea groups is 1. The Morgan fingerprint density at radius 2 is 1.93 bits per heavy atom. The van der Waals surface area contributed by atoms with Crippen LogP contribution in [0.1, 0.15) is 17.0 Å². The van der Waals surface area contributed by atoms with E-state index in [4.69, 9.17) is 0 Å². The molecule has 0 unspecified atom stereocenters. The number of rotatable bonds is 5. The first-order chi connectivity index (χ1) is 12.9. The van der Waals surface area contributed by atoms with Gasteiger partial charge in [-0.25, -0.2) is 19.4 Å². The van der Waals surface area contributed by atoms with E-state index in [1.165, 1.54) is 0 Å². The van der Waals surface area contributed by atoms with E-state index in [0.29, 0.717) is 12.2 Å². The number of carbonyl (C=O) groups excluding carboxylic acids is 1. The van der Waals surface area contributed by atoms with Crippen molar-refractivity contribution in [3.05, 3.63) is 59.7 Å². The zero-order chi connectivity index (χ0) is 19.4. The minimum absolute atomic E-state index is 0.294. The number of nitrogens with zero attached hydrogens (tertiary/aromatic N) is 5. The maximum absolute atomic E-state index is 12.0. The van der Waals surface area contributed by atoms with Gasteiger partial charge in [0, 0.05) is 32.5 Å². The van der Waals surface area contributed by atoms with Gasteiger partial charge in [-0.15, -0.1) is 0 Å². The second kappa shape index (κ2) is 7.86. The molecule has 0 fully saturated rings. The van der Waals surface area contributed by atoms with Crippen molar-refractivity contribution in [1.29, 1.82) is 0 Å². The summed E-state index contributed by atoms with van der Waals surface area (Å²) in [4.78, 5) is 22.6. The fourth-order valence-corrected chi connectivity index (χ4v) is 2.59. The number of aromatic nitrogens is 4. The molecular weight excluding hydrogens is 342 g/mol. The summed E-state index contributed by atoms with van der Waals surface area (Å²) in [5, 5.41) is 9.98. The minimum Gasteiger partial charge on any atom is -0.363 e. The van der Waals surface area contributed by atoms with Gasteiger partial charge < -0.3 is 15.5 Å². The highest BCUT2D eigenvalue weighted by atomic mass is 16.2. The summed E-state index contributed by atoms with van der Waals surface area (Å²) in [6, 6.07) is 9.17. The van der Waals surface area contributed by atoms with Crippen molar-refractivity contribution < 1.29 is 4.79 Å². The molecule has 3 rings (SSSR count). The standard InChI is InChI=1S/C19H23N7O/c1-13-9-14(2)26(24-13)18-7-5-15(10-20-18)11-22-19(27)23-16-6-8-17(21-12-16)25(3)4/h5-10,12H,11H2,1-4H3,(H2,22,23,27). The van der Waals surface area contributed by atoms with Crippen LogP contribution < -0.4 is 15.5 Å². The quantitative estimate of drug-likeness (QED) is 0.726. The Hall–Kier alpha value is -3.42. The van der Waals surface area contributed by atoms with E-state index in [-0.39, 0.29) is 6.03 Å². The van der Waals surface area contributed by atoms with Gasteiger partial charge in [0.2, 0.25) is 0 Å². The minimum atomic E-state index is -0.294. The molecule has 0 spiro atoms. The molecule has 2 N–H and O–H groups in total. The summed E-state index contributed by atoms with van der Waals surface area (Å²) in [5.74, 6) is 1.58. The summed E-state index contributed by atoms with van der Waals surface area (Å²) in [6.45, 7) is 4.31. The third-order valence-electron chi connectivity index (χ3n) is 3.95. The molecule has 8 nitrogen and oxygen atoms in total. The van der Waals surface area contributed by atoms with Crippen LogP contribution in [-0.2, 0) is 6.54 Å². The SMILES string of the molecule is Cc1cc(C)n(-c2ccc(CNC(=O)Nc3ccc(N(C)C)nc3)cn2)n1. The molecule has 2 amide bonds. The second-order valence-electron chi connectivity index (χ2n) is 6.47. The van der Waals surface area contributed by atoms with Gasteiger partial charge in [0.1, 0.15) is 5.82 Å². The molecule has 0 aliphatic rings. The van der Waals surface area contributed by atoms with E-state index < -0.39 is 0 Å². The first-order valence-corrected chi connectivity index (χ1v) is 8.59. The lowest BCUT2D eigenvalue weighted by Gasteiger charge is -2.12. The van der Waals surface area contributed by atoms with Crippen LogP contribution in [0.25, 0.3) is 5.82 Å². The molecule has 0 radical (unpaired) electrons. The molecule has 27 heavy (non-hydrogen) atoms. The van der Waals surface area contributed by atoms with Gasteiger partial charge in [-0.05, 0) is 43.7 Å². The van der Waals surface area contributed by atoms with Gasteiger partial charge in [-0.2, -0.15) is 5.10 Å². The summed E-state index contributed by atoms with van der Waals surface area (Å²) in [5.41, 5.74) is 3.51. The normalized spacial score (nSPS) is 10.5. The Labute approximate surface area is 158 Å². The van der Waals surface area contributed by atoms with Crippen molar-refractivity contribution in [2.75, 3.05) is 24.3 Å². The fourth-order valence-electron chi connectivity index (χ4n) is 2.59. The summed E-state index contributed by atoms with van der Waals surface area (Å²) < 4.78 is 1.80. The first kappa shape index (κ1) is 18.4. The van der Waals surface area contributed by atoms with Crippen molar-refractivity contribution in [2.45, 2.75) is 20.4 Å². The van der Waals surface area contributed by atoms with Crippen molar-refractivity contribution >= 4 is 17.5 Å². The predicted molar refractivity (Wildman–Crippen MR) is 105 cm³/mol. The first-order valence-electron chi connectivity index (χ1n) is 8.59. The number of anilines is 2. The third kappa shape index (κ3) is 4.60. The number of hydrogen-bond donors (Lipinski definition) is 2. The molecule has 0 aromatic carbocycles.